The monoisotopic (exact) mass is 257 g/mol. The first-order valence-electron chi connectivity index (χ1n) is 5.49. The quantitative estimate of drug-likeness (QED) is 0.635. The molecule has 3 N–H and O–H groups in total. The molecule has 1 aromatic heterocycles. The summed E-state index contributed by atoms with van der Waals surface area (Å²) in [6.07, 6.45) is 0. The number of anilines is 1. The zero-order chi connectivity index (χ0) is 12.1. The summed E-state index contributed by atoms with van der Waals surface area (Å²) in [5.41, 5.74) is -1.07. The van der Waals surface area contributed by atoms with Gasteiger partial charge in [-0.2, -0.15) is 11.8 Å². The summed E-state index contributed by atoms with van der Waals surface area (Å²) in [6, 6.07) is 0. The predicted octanol–water partition coefficient (Wildman–Crippen LogP) is -1.08. The molecule has 0 radical (unpaired) electrons. The number of hydrogen-bond acceptors (Lipinski definition) is 6. The summed E-state index contributed by atoms with van der Waals surface area (Å²) in [7, 11) is 0. The van der Waals surface area contributed by atoms with Crippen LogP contribution in [0.25, 0.3) is 0 Å². The average Bonchev–Trinajstić information content (AvgIpc) is 2.33. The smallest absolute Gasteiger partial charge is 0.342 e. The fraction of sp³-hybridized carbons (Fsp3) is 0.667. The molecule has 1 aliphatic heterocycles. The van der Waals surface area contributed by atoms with Crippen LogP contribution < -0.4 is 16.6 Å². The highest BCUT2D eigenvalue weighted by atomic mass is 32.2. The van der Waals surface area contributed by atoms with Crippen LogP contribution in [0.15, 0.2) is 9.59 Å². The minimum Gasteiger partial charge on any atom is -0.363 e. The molecule has 7 nitrogen and oxygen atoms in total. The number of hydrogen-bond donors (Lipinski definition) is 3. The summed E-state index contributed by atoms with van der Waals surface area (Å²) in [6.45, 7) is 3.69. The molecule has 1 saturated heterocycles. The average molecular weight is 257 g/mol. The van der Waals surface area contributed by atoms with Gasteiger partial charge >= 0.3 is 5.69 Å². The molecule has 2 rings (SSSR count). The van der Waals surface area contributed by atoms with Gasteiger partial charge in [0.2, 0.25) is 5.82 Å². The lowest BCUT2D eigenvalue weighted by molar-refractivity contribution is 0.314. The van der Waals surface area contributed by atoms with Gasteiger partial charge < -0.3 is 5.32 Å². The fourth-order valence-electron chi connectivity index (χ4n) is 1.62. The maximum atomic E-state index is 11.3. The minimum atomic E-state index is -0.589. The Morgan fingerprint density at radius 2 is 2.12 bits per heavy atom. The van der Waals surface area contributed by atoms with Crippen molar-refractivity contribution in [2.75, 3.05) is 43.0 Å². The van der Waals surface area contributed by atoms with E-state index in [0.717, 1.165) is 31.1 Å². The molecule has 2 heterocycles. The number of thioether (sulfide) groups is 1. The summed E-state index contributed by atoms with van der Waals surface area (Å²) in [5.74, 6) is 2.49. The van der Waals surface area contributed by atoms with Gasteiger partial charge in [0.1, 0.15) is 0 Å². The SMILES string of the molecule is O=c1[nH]nc(NCCN2CCSCC2)c(=O)[nH]1. The standard InChI is InChI=1S/C9H15N5O2S/c15-8-7(12-13-9(16)11-8)10-1-2-14-3-5-17-6-4-14/h1-6H2,(H,10,12)(H2,11,13,15,16). The van der Waals surface area contributed by atoms with Gasteiger partial charge in [-0.15, -0.1) is 5.10 Å². The summed E-state index contributed by atoms with van der Waals surface area (Å²) in [5, 5.41) is 8.75. The molecule has 1 fully saturated rings. The second-order valence-electron chi connectivity index (χ2n) is 3.74. The van der Waals surface area contributed by atoms with Gasteiger partial charge in [0.05, 0.1) is 0 Å². The third-order valence-electron chi connectivity index (χ3n) is 2.54. The van der Waals surface area contributed by atoms with Gasteiger partial charge in [-0.05, 0) is 0 Å². The van der Waals surface area contributed by atoms with E-state index in [1.54, 1.807) is 0 Å². The van der Waals surface area contributed by atoms with Crippen LogP contribution in [-0.4, -0.2) is 57.8 Å². The highest BCUT2D eigenvalue weighted by Crippen LogP contribution is 2.08. The number of aromatic nitrogens is 3. The first-order valence-corrected chi connectivity index (χ1v) is 6.64. The van der Waals surface area contributed by atoms with E-state index < -0.39 is 11.2 Å². The van der Waals surface area contributed by atoms with E-state index in [0.29, 0.717) is 6.54 Å². The molecule has 17 heavy (non-hydrogen) atoms. The van der Waals surface area contributed by atoms with Crippen molar-refractivity contribution in [3.05, 3.63) is 20.8 Å². The molecule has 0 bridgehead atoms. The van der Waals surface area contributed by atoms with Crippen LogP contribution in [0.5, 0.6) is 0 Å². The van der Waals surface area contributed by atoms with E-state index in [1.165, 1.54) is 0 Å². The molecular weight excluding hydrogens is 242 g/mol. The van der Waals surface area contributed by atoms with Crippen LogP contribution in [0.2, 0.25) is 0 Å². The molecule has 0 aliphatic carbocycles. The molecule has 0 spiro atoms. The lowest BCUT2D eigenvalue weighted by Crippen LogP contribution is -2.37. The normalized spacial score (nSPS) is 16.9. The second kappa shape index (κ2) is 5.87. The van der Waals surface area contributed by atoms with Gasteiger partial charge in [0.15, 0.2) is 0 Å². The molecule has 1 aromatic rings. The summed E-state index contributed by atoms with van der Waals surface area (Å²) >= 11 is 1.96. The lowest BCUT2D eigenvalue weighted by Gasteiger charge is -2.25. The first-order chi connectivity index (χ1) is 8.25. The maximum Gasteiger partial charge on any atom is 0.342 e. The summed E-state index contributed by atoms with van der Waals surface area (Å²) in [4.78, 5) is 26.5. The van der Waals surface area contributed by atoms with E-state index in [-0.39, 0.29) is 5.82 Å². The minimum absolute atomic E-state index is 0.163. The Balaban J connectivity index is 1.81. The Bertz CT molecular complexity index is 465. The van der Waals surface area contributed by atoms with Crippen molar-refractivity contribution in [2.24, 2.45) is 0 Å². The highest BCUT2D eigenvalue weighted by molar-refractivity contribution is 7.99. The Hall–Kier alpha value is -1.28. The van der Waals surface area contributed by atoms with Crippen molar-refractivity contribution in [1.29, 1.82) is 0 Å². The molecule has 1 aliphatic rings. The number of rotatable bonds is 4. The number of nitrogens with one attached hydrogen (secondary N) is 3. The largest absolute Gasteiger partial charge is 0.363 e. The van der Waals surface area contributed by atoms with Crippen molar-refractivity contribution >= 4 is 17.6 Å². The topological polar surface area (TPSA) is 93.9 Å². The molecule has 8 heteroatoms. The van der Waals surface area contributed by atoms with Crippen LogP contribution >= 0.6 is 11.8 Å². The molecule has 0 unspecified atom stereocenters. The van der Waals surface area contributed by atoms with Crippen molar-refractivity contribution in [3.8, 4) is 0 Å². The fourth-order valence-corrected chi connectivity index (χ4v) is 2.60. The zero-order valence-electron chi connectivity index (χ0n) is 9.36. The Kier molecular flexibility index (Phi) is 4.21. The Morgan fingerprint density at radius 3 is 2.82 bits per heavy atom. The van der Waals surface area contributed by atoms with E-state index >= 15 is 0 Å². The Labute approximate surface area is 102 Å². The van der Waals surface area contributed by atoms with Crippen molar-refractivity contribution in [3.63, 3.8) is 0 Å². The van der Waals surface area contributed by atoms with Gasteiger partial charge in [-0.25, -0.2) is 9.89 Å². The van der Waals surface area contributed by atoms with E-state index in [1.807, 2.05) is 11.8 Å². The third kappa shape index (κ3) is 3.60. The molecule has 94 valence electrons. The number of aromatic amines is 2. The van der Waals surface area contributed by atoms with Crippen LogP contribution in [-0.2, 0) is 0 Å². The third-order valence-corrected chi connectivity index (χ3v) is 3.48. The van der Waals surface area contributed by atoms with Crippen molar-refractivity contribution in [1.82, 2.24) is 20.1 Å². The van der Waals surface area contributed by atoms with Gasteiger partial charge in [-0.1, -0.05) is 0 Å². The van der Waals surface area contributed by atoms with Crippen molar-refractivity contribution < 1.29 is 0 Å². The van der Waals surface area contributed by atoms with E-state index in [9.17, 15) is 9.59 Å². The second-order valence-corrected chi connectivity index (χ2v) is 4.96. The molecular formula is C9H15N5O2S. The predicted molar refractivity (Wildman–Crippen MR) is 67.7 cm³/mol. The van der Waals surface area contributed by atoms with Gasteiger partial charge in [-0.3, -0.25) is 14.7 Å². The zero-order valence-corrected chi connectivity index (χ0v) is 10.2. The first kappa shape index (κ1) is 12.2. The number of H-pyrrole nitrogens is 2. The van der Waals surface area contributed by atoms with Crippen molar-refractivity contribution in [2.45, 2.75) is 0 Å². The maximum absolute atomic E-state index is 11.3. The molecule has 0 aromatic carbocycles. The Morgan fingerprint density at radius 1 is 1.35 bits per heavy atom. The number of nitrogens with zero attached hydrogens (tertiary/aromatic N) is 2. The van der Waals surface area contributed by atoms with Crippen LogP contribution in [0, 0.1) is 0 Å². The molecule has 0 saturated carbocycles. The van der Waals surface area contributed by atoms with Crippen LogP contribution in [0.3, 0.4) is 0 Å². The molecule has 0 atom stereocenters. The van der Waals surface area contributed by atoms with E-state index in [2.05, 4.69) is 25.4 Å². The van der Waals surface area contributed by atoms with Crippen LogP contribution in [0.1, 0.15) is 0 Å². The highest BCUT2D eigenvalue weighted by Gasteiger charge is 2.09. The van der Waals surface area contributed by atoms with Gasteiger partial charge in [0.25, 0.3) is 5.56 Å². The lowest BCUT2D eigenvalue weighted by atomic mass is 10.4. The summed E-state index contributed by atoms with van der Waals surface area (Å²) < 4.78 is 0. The van der Waals surface area contributed by atoms with Crippen LogP contribution in [0.4, 0.5) is 5.82 Å². The molecule has 0 amide bonds. The van der Waals surface area contributed by atoms with Gasteiger partial charge in [0, 0.05) is 37.7 Å². The van der Waals surface area contributed by atoms with E-state index in [4.69, 9.17) is 0 Å².